The second-order valence-corrected chi connectivity index (χ2v) is 5.91. The zero-order valence-electron chi connectivity index (χ0n) is 13.6. The number of carbonyl (C=O) groups excluding carboxylic acids is 2. The van der Waals surface area contributed by atoms with Gasteiger partial charge < -0.3 is 16.0 Å². The highest BCUT2D eigenvalue weighted by molar-refractivity contribution is 5.97. The van der Waals surface area contributed by atoms with E-state index in [-0.39, 0.29) is 11.8 Å². The Balaban J connectivity index is 2.19. The van der Waals surface area contributed by atoms with Crippen molar-refractivity contribution in [1.82, 2.24) is 0 Å². The number of hydrogen-bond acceptors (Lipinski definition) is 3. The fourth-order valence-corrected chi connectivity index (χ4v) is 3.02. The number of fused-ring (bicyclic) bond motifs is 1. The first kappa shape index (κ1) is 16.5. The lowest BCUT2D eigenvalue weighted by Gasteiger charge is -2.28. The number of carbonyl (C=O) groups is 2. The van der Waals surface area contributed by atoms with E-state index in [0.717, 1.165) is 36.2 Å². The first-order valence-corrected chi connectivity index (χ1v) is 7.90. The summed E-state index contributed by atoms with van der Waals surface area (Å²) in [4.78, 5) is 25.9. The van der Waals surface area contributed by atoms with Crippen molar-refractivity contribution in [3.05, 3.63) is 23.8 Å². The molecule has 2 amide bonds. The van der Waals surface area contributed by atoms with Gasteiger partial charge >= 0.3 is 0 Å². The maximum Gasteiger partial charge on any atom is 0.231 e. The fraction of sp³-hybridized carbons (Fsp3) is 0.529. The van der Waals surface area contributed by atoms with E-state index in [1.807, 2.05) is 32.0 Å². The summed E-state index contributed by atoms with van der Waals surface area (Å²) in [6.07, 6.45) is 2.26. The van der Waals surface area contributed by atoms with Crippen molar-refractivity contribution in [2.75, 3.05) is 23.3 Å². The third-order valence-electron chi connectivity index (χ3n) is 4.84. The minimum absolute atomic E-state index is 0.0265. The predicted molar refractivity (Wildman–Crippen MR) is 88.9 cm³/mol. The molecule has 2 rings (SSSR count). The molecular weight excluding hydrogens is 278 g/mol. The number of hydrogen-bond donors (Lipinski definition) is 2. The molecule has 0 saturated carbocycles. The van der Waals surface area contributed by atoms with E-state index >= 15 is 0 Å². The van der Waals surface area contributed by atoms with Crippen LogP contribution in [0.1, 0.15) is 39.2 Å². The van der Waals surface area contributed by atoms with Gasteiger partial charge in [-0.3, -0.25) is 9.59 Å². The number of rotatable bonds is 5. The molecule has 5 nitrogen and oxygen atoms in total. The molecule has 1 aromatic rings. The largest absolute Gasteiger partial charge is 0.329 e. The standard InChI is InChI=1S/C17H25N3O2/c1-4-17(5-2,11-18)16(22)19-14-6-7-15-13(10-14)8-9-20(15)12(3)21/h6-7,10H,4-5,8-9,11,18H2,1-3H3,(H,19,22). The molecule has 3 N–H and O–H groups in total. The van der Waals surface area contributed by atoms with Crippen LogP contribution in [-0.2, 0) is 16.0 Å². The van der Waals surface area contributed by atoms with Gasteiger partial charge in [0.15, 0.2) is 0 Å². The summed E-state index contributed by atoms with van der Waals surface area (Å²) in [5.41, 5.74) is 8.13. The maximum absolute atomic E-state index is 12.5. The molecule has 0 saturated heterocycles. The summed E-state index contributed by atoms with van der Waals surface area (Å²) < 4.78 is 0. The normalized spacial score (nSPS) is 13.9. The number of nitrogens with two attached hydrogens (primary N) is 1. The van der Waals surface area contributed by atoms with E-state index in [2.05, 4.69) is 5.32 Å². The van der Waals surface area contributed by atoms with Crippen LogP contribution in [0.4, 0.5) is 11.4 Å². The summed E-state index contributed by atoms with van der Waals surface area (Å²) >= 11 is 0. The number of nitrogens with zero attached hydrogens (tertiary/aromatic N) is 1. The van der Waals surface area contributed by atoms with Crippen LogP contribution in [0.5, 0.6) is 0 Å². The van der Waals surface area contributed by atoms with E-state index in [9.17, 15) is 9.59 Å². The van der Waals surface area contributed by atoms with E-state index in [4.69, 9.17) is 5.73 Å². The van der Waals surface area contributed by atoms with Crippen LogP contribution in [-0.4, -0.2) is 24.9 Å². The van der Waals surface area contributed by atoms with Gasteiger partial charge in [0.25, 0.3) is 0 Å². The van der Waals surface area contributed by atoms with E-state index in [1.165, 1.54) is 0 Å². The third kappa shape index (κ3) is 2.86. The van der Waals surface area contributed by atoms with Gasteiger partial charge in [0.05, 0.1) is 5.41 Å². The predicted octanol–water partition coefficient (Wildman–Crippen LogP) is 2.30. The summed E-state index contributed by atoms with van der Waals surface area (Å²) in [6.45, 7) is 6.60. The van der Waals surface area contributed by atoms with Crippen LogP contribution >= 0.6 is 0 Å². The van der Waals surface area contributed by atoms with Crippen LogP contribution < -0.4 is 16.0 Å². The van der Waals surface area contributed by atoms with Crippen molar-refractivity contribution in [2.45, 2.75) is 40.0 Å². The number of anilines is 2. The third-order valence-corrected chi connectivity index (χ3v) is 4.84. The summed E-state index contributed by atoms with van der Waals surface area (Å²) in [6, 6.07) is 5.72. The zero-order chi connectivity index (χ0) is 16.3. The van der Waals surface area contributed by atoms with E-state index < -0.39 is 5.41 Å². The zero-order valence-corrected chi connectivity index (χ0v) is 13.6. The van der Waals surface area contributed by atoms with Gasteiger partial charge in [-0.2, -0.15) is 0 Å². The van der Waals surface area contributed by atoms with Gasteiger partial charge in [0, 0.05) is 31.4 Å². The molecule has 22 heavy (non-hydrogen) atoms. The minimum Gasteiger partial charge on any atom is -0.329 e. The van der Waals surface area contributed by atoms with Crippen LogP contribution in [0.25, 0.3) is 0 Å². The molecule has 0 atom stereocenters. The lowest BCUT2D eigenvalue weighted by molar-refractivity contribution is -0.125. The Bertz CT molecular complexity index is 571. The first-order chi connectivity index (χ1) is 10.5. The number of benzene rings is 1. The number of nitrogens with one attached hydrogen (secondary N) is 1. The lowest BCUT2D eigenvalue weighted by atomic mass is 9.81. The molecule has 0 aliphatic carbocycles. The molecule has 0 fully saturated rings. The summed E-state index contributed by atoms with van der Waals surface area (Å²) in [5, 5.41) is 2.99. The smallest absolute Gasteiger partial charge is 0.231 e. The fourth-order valence-electron chi connectivity index (χ4n) is 3.02. The molecule has 1 aliphatic rings. The Kier molecular flexibility index (Phi) is 4.86. The van der Waals surface area contributed by atoms with Crippen LogP contribution in [0.3, 0.4) is 0 Å². The Labute approximate surface area is 131 Å². The molecule has 0 spiro atoms. The number of amides is 2. The van der Waals surface area contributed by atoms with E-state index in [1.54, 1.807) is 11.8 Å². The van der Waals surface area contributed by atoms with Gasteiger partial charge in [-0.15, -0.1) is 0 Å². The molecule has 120 valence electrons. The molecule has 0 bridgehead atoms. The molecular formula is C17H25N3O2. The van der Waals surface area contributed by atoms with Crippen molar-refractivity contribution in [1.29, 1.82) is 0 Å². The highest BCUT2D eigenvalue weighted by Gasteiger charge is 2.33. The van der Waals surface area contributed by atoms with Gasteiger partial charge in [0.2, 0.25) is 11.8 Å². The SMILES string of the molecule is CCC(CC)(CN)C(=O)Nc1ccc2c(c1)CCN2C(C)=O. The second kappa shape index (κ2) is 6.48. The highest BCUT2D eigenvalue weighted by atomic mass is 16.2. The Morgan fingerprint density at radius 3 is 2.55 bits per heavy atom. The van der Waals surface area contributed by atoms with Gasteiger partial charge in [0.1, 0.15) is 0 Å². The Morgan fingerprint density at radius 2 is 2.00 bits per heavy atom. The topological polar surface area (TPSA) is 75.4 Å². The van der Waals surface area contributed by atoms with E-state index in [0.29, 0.717) is 13.1 Å². The van der Waals surface area contributed by atoms with Crippen LogP contribution in [0.2, 0.25) is 0 Å². The van der Waals surface area contributed by atoms with Gasteiger partial charge in [-0.05, 0) is 43.0 Å². The Hall–Kier alpha value is -1.88. The maximum atomic E-state index is 12.5. The second-order valence-electron chi connectivity index (χ2n) is 5.91. The van der Waals surface area contributed by atoms with Crippen molar-refractivity contribution in [2.24, 2.45) is 11.1 Å². The molecule has 1 heterocycles. The summed E-state index contributed by atoms with van der Waals surface area (Å²) in [7, 11) is 0. The molecule has 1 aromatic carbocycles. The van der Waals surface area contributed by atoms with Crippen LogP contribution in [0, 0.1) is 5.41 Å². The minimum atomic E-state index is -0.509. The first-order valence-electron chi connectivity index (χ1n) is 7.90. The molecule has 0 unspecified atom stereocenters. The van der Waals surface area contributed by atoms with Gasteiger partial charge in [-0.25, -0.2) is 0 Å². The van der Waals surface area contributed by atoms with Crippen LogP contribution in [0.15, 0.2) is 18.2 Å². The molecule has 5 heteroatoms. The van der Waals surface area contributed by atoms with Crippen molar-refractivity contribution in [3.63, 3.8) is 0 Å². The Morgan fingerprint density at radius 1 is 1.32 bits per heavy atom. The van der Waals surface area contributed by atoms with Crippen molar-refractivity contribution < 1.29 is 9.59 Å². The van der Waals surface area contributed by atoms with Crippen molar-refractivity contribution >= 4 is 23.2 Å². The molecule has 0 aromatic heterocycles. The van der Waals surface area contributed by atoms with Crippen molar-refractivity contribution in [3.8, 4) is 0 Å². The average molecular weight is 303 g/mol. The summed E-state index contributed by atoms with van der Waals surface area (Å²) in [5.74, 6) is 0.0241. The molecule has 1 aliphatic heterocycles. The quantitative estimate of drug-likeness (QED) is 0.876. The highest BCUT2D eigenvalue weighted by Crippen LogP contribution is 2.32. The average Bonchev–Trinajstić information content (AvgIpc) is 2.93. The molecule has 0 radical (unpaired) electrons. The lowest BCUT2D eigenvalue weighted by Crippen LogP contribution is -2.41. The van der Waals surface area contributed by atoms with Gasteiger partial charge in [-0.1, -0.05) is 13.8 Å². The monoisotopic (exact) mass is 303 g/mol.